The van der Waals surface area contributed by atoms with Crippen molar-refractivity contribution in [3.05, 3.63) is 37.9 Å². The van der Waals surface area contributed by atoms with Gasteiger partial charge in [0.05, 0.1) is 16.5 Å². The molecule has 1 aromatic carbocycles. The number of hydrogen-bond donors (Lipinski definition) is 1. The summed E-state index contributed by atoms with van der Waals surface area (Å²) in [6.45, 7) is 0. The molecule has 16 heavy (non-hydrogen) atoms. The van der Waals surface area contributed by atoms with E-state index >= 15 is 0 Å². The minimum absolute atomic E-state index is 0.0600. The van der Waals surface area contributed by atoms with E-state index in [1.165, 1.54) is 12.1 Å². The Bertz CT molecular complexity index is 606. The highest BCUT2D eigenvalue weighted by atomic mass is 127. The lowest BCUT2D eigenvalue weighted by Gasteiger charge is -2.08. The molecule has 2 aromatic rings. The lowest BCUT2D eigenvalue weighted by molar-refractivity contribution is -0.136. The molecule has 1 N–H and O–H groups in total. The number of aromatic amines is 1. The van der Waals surface area contributed by atoms with Gasteiger partial charge >= 0.3 is 6.18 Å². The number of nitrogens with one attached hydrogen (secondary N) is 1. The van der Waals surface area contributed by atoms with Crippen LogP contribution < -0.4 is 5.56 Å². The lowest BCUT2D eigenvalue weighted by Crippen LogP contribution is -2.14. The van der Waals surface area contributed by atoms with E-state index in [4.69, 9.17) is 0 Å². The predicted molar refractivity (Wildman–Crippen MR) is 60.1 cm³/mol. The molecular weight excluding hydrogens is 336 g/mol. The van der Waals surface area contributed by atoms with E-state index in [0.717, 1.165) is 6.07 Å². The first-order valence-electron chi connectivity index (χ1n) is 4.15. The summed E-state index contributed by atoms with van der Waals surface area (Å²) in [6, 6.07) is 3.41. The Morgan fingerprint density at radius 3 is 2.62 bits per heavy atom. The van der Waals surface area contributed by atoms with E-state index in [9.17, 15) is 18.0 Å². The quantitative estimate of drug-likeness (QED) is 0.592. The average Bonchev–Trinajstić information content (AvgIpc) is 2.15. The van der Waals surface area contributed by atoms with Crippen LogP contribution in [-0.4, -0.2) is 9.97 Å². The molecule has 0 bridgehead atoms. The van der Waals surface area contributed by atoms with Crippen molar-refractivity contribution < 1.29 is 13.2 Å². The maximum Gasteiger partial charge on any atom is 0.418 e. The molecule has 0 atom stereocenters. The largest absolute Gasteiger partial charge is 0.418 e. The smallest absolute Gasteiger partial charge is 0.301 e. The molecule has 3 nitrogen and oxygen atoms in total. The summed E-state index contributed by atoms with van der Waals surface area (Å²) in [4.78, 5) is 17.5. The number of rotatable bonds is 0. The molecule has 0 amide bonds. The van der Waals surface area contributed by atoms with E-state index in [0.29, 0.717) is 0 Å². The Morgan fingerprint density at radius 2 is 2.00 bits per heavy atom. The first-order chi connectivity index (χ1) is 7.39. The van der Waals surface area contributed by atoms with Crippen LogP contribution in [0.15, 0.2) is 23.0 Å². The Morgan fingerprint density at radius 1 is 1.31 bits per heavy atom. The Labute approximate surface area is 101 Å². The fourth-order valence-corrected chi connectivity index (χ4v) is 1.85. The topological polar surface area (TPSA) is 45.8 Å². The van der Waals surface area contributed by atoms with E-state index < -0.39 is 17.3 Å². The van der Waals surface area contributed by atoms with Gasteiger partial charge in [-0.25, -0.2) is 4.98 Å². The van der Waals surface area contributed by atoms with Crippen molar-refractivity contribution in [1.29, 1.82) is 0 Å². The van der Waals surface area contributed by atoms with Crippen molar-refractivity contribution in [2.24, 2.45) is 0 Å². The van der Waals surface area contributed by atoms with Gasteiger partial charge in [0.25, 0.3) is 5.56 Å². The maximum atomic E-state index is 12.6. The van der Waals surface area contributed by atoms with Crippen LogP contribution in [0.2, 0.25) is 0 Å². The van der Waals surface area contributed by atoms with Crippen LogP contribution in [0, 0.1) is 3.83 Å². The van der Waals surface area contributed by atoms with Gasteiger partial charge in [-0.1, -0.05) is 6.07 Å². The first kappa shape index (κ1) is 11.4. The Kier molecular flexibility index (Phi) is 2.64. The van der Waals surface area contributed by atoms with Gasteiger partial charge < -0.3 is 4.98 Å². The zero-order chi connectivity index (χ0) is 11.9. The first-order valence-corrected chi connectivity index (χ1v) is 5.23. The summed E-state index contributed by atoms with van der Waals surface area (Å²) in [7, 11) is 0. The summed E-state index contributed by atoms with van der Waals surface area (Å²) in [5, 5.41) is -0.0600. The average molecular weight is 340 g/mol. The minimum atomic E-state index is -4.51. The molecule has 0 spiro atoms. The minimum Gasteiger partial charge on any atom is -0.301 e. The van der Waals surface area contributed by atoms with Crippen molar-refractivity contribution in [2.45, 2.75) is 6.18 Å². The van der Waals surface area contributed by atoms with Gasteiger partial charge in [0.15, 0.2) is 3.83 Å². The van der Waals surface area contributed by atoms with E-state index in [2.05, 4.69) is 9.97 Å². The maximum absolute atomic E-state index is 12.6. The van der Waals surface area contributed by atoms with Crippen molar-refractivity contribution in [2.75, 3.05) is 0 Å². The van der Waals surface area contributed by atoms with Crippen LogP contribution in [0.4, 0.5) is 13.2 Å². The highest BCUT2D eigenvalue weighted by molar-refractivity contribution is 14.1. The van der Waals surface area contributed by atoms with Gasteiger partial charge in [0.1, 0.15) is 0 Å². The van der Waals surface area contributed by atoms with Crippen LogP contribution in [0.25, 0.3) is 10.9 Å². The third-order valence-electron chi connectivity index (χ3n) is 2.01. The highest BCUT2D eigenvalue weighted by Crippen LogP contribution is 2.32. The summed E-state index contributed by atoms with van der Waals surface area (Å²) >= 11 is 1.66. The van der Waals surface area contributed by atoms with E-state index in [-0.39, 0.29) is 14.7 Å². The molecule has 2 rings (SSSR count). The molecule has 0 aliphatic carbocycles. The number of aromatic nitrogens is 2. The van der Waals surface area contributed by atoms with Gasteiger partial charge in [-0.05, 0) is 34.7 Å². The summed E-state index contributed by atoms with van der Waals surface area (Å²) in [6.07, 6.45) is -4.51. The Balaban J connectivity index is 2.93. The SMILES string of the molecule is O=c1[nH]c(I)nc2c(C(F)(F)F)cccc12. The fraction of sp³-hybridized carbons (Fsp3) is 0.111. The molecule has 0 aliphatic rings. The number of hydrogen-bond acceptors (Lipinski definition) is 2. The third-order valence-corrected chi connectivity index (χ3v) is 2.52. The number of H-pyrrole nitrogens is 1. The third kappa shape index (κ3) is 1.91. The van der Waals surface area contributed by atoms with Gasteiger partial charge in [-0.15, -0.1) is 0 Å². The van der Waals surface area contributed by atoms with Crippen molar-refractivity contribution in [3.63, 3.8) is 0 Å². The fourth-order valence-electron chi connectivity index (χ4n) is 1.36. The van der Waals surface area contributed by atoms with Crippen molar-refractivity contribution >= 4 is 33.5 Å². The number of alkyl halides is 3. The van der Waals surface area contributed by atoms with Crippen molar-refractivity contribution in [1.82, 2.24) is 9.97 Å². The molecule has 0 fully saturated rings. The van der Waals surface area contributed by atoms with Gasteiger partial charge in [-0.2, -0.15) is 13.2 Å². The number of benzene rings is 1. The molecule has 0 radical (unpaired) electrons. The molecule has 7 heteroatoms. The van der Waals surface area contributed by atoms with E-state index in [1.54, 1.807) is 22.6 Å². The normalized spacial score (nSPS) is 12.0. The number of halogens is 4. The number of para-hydroxylation sites is 1. The van der Waals surface area contributed by atoms with Crippen molar-refractivity contribution in [3.8, 4) is 0 Å². The molecule has 0 saturated heterocycles. The second-order valence-electron chi connectivity index (χ2n) is 3.06. The van der Waals surface area contributed by atoms with Crippen LogP contribution >= 0.6 is 22.6 Å². The second-order valence-corrected chi connectivity index (χ2v) is 4.08. The molecule has 84 valence electrons. The summed E-state index contributed by atoms with van der Waals surface area (Å²) in [5.74, 6) is 0. The molecule has 0 saturated carbocycles. The molecule has 1 heterocycles. The zero-order valence-electron chi connectivity index (χ0n) is 7.60. The van der Waals surface area contributed by atoms with Crippen LogP contribution in [0.3, 0.4) is 0 Å². The monoisotopic (exact) mass is 340 g/mol. The molecule has 0 aliphatic heterocycles. The van der Waals surface area contributed by atoms with Gasteiger partial charge in [-0.3, -0.25) is 4.79 Å². The van der Waals surface area contributed by atoms with E-state index in [1.807, 2.05) is 0 Å². The second kappa shape index (κ2) is 3.72. The predicted octanol–water partition coefficient (Wildman–Crippen LogP) is 2.55. The van der Waals surface area contributed by atoms with Crippen LogP contribution in [-0.2, 0) is 6.18 Å². The van der Waals surface area contributed by atoms with Gasteiger partial charge in [0.2, 0.25) is 0 Å². The van der Waals surface area contributed by atoms with Crippen LogP contribution in [0.5, 0.6) is 0 Å². The van der Waals surface area contributed by atoms with Gasteiger partial charge in [0, 0.05) is 0 Å². The zero-order valence-corrected chi connectivity index (χ0v) is 9.76. The standard InChI is InChI=1S/C9H4F3IN2O/c10-9(11,12)5-3-1-2-4-6(5)14-8(13)15-7(4)16/h1-3H,(H,14,15,16). The highest BCUT2D eigenvalue weighted by Gasteiger charge is 2.33. The summed E-state index contributed by atoms with van der Waals surface area (Å²) < 4.78 is 38.0. The summed E-state index contributed by atoms with van der Waals surface area (Å²) in [5.41, 5.74) is -1.78. The lowest BCUT2D eigenvalue weighted by atomic mass is 10.1. The number of fused-ring (bicyclic) bond motifs is 1. The van der Waals surface area contributed by atoms with Crippen LogP contribution in [0.1, 0.15) is 5.56 Å². The molecule has 0 unspecified atom stereocenters. The molecular formula is C9H4F3IN2O. The molecule has 1 aromatic heterocycles. The Hall–Kier alpha value is -1.12. The number of nitrogens with zero attached hydrogens (tertiary/aromatic N) is 1.